The number of nitrogens with zero attached hydrogens (tertiary/aromatic N) is 1. The van der Waals surface area contributed by atoms with Gasteiger partial charge in [-0.3, -0.25) is 4.90 Å². The summed E-state index contributed by atoms with van der Waals surface area (Å²) in [7, 11) is 0. The molecule has 0 unspecified atom stereocenters. The average molecular weight is 279 g/mol. The van der Waals surface area contributed by atoms with Crippen molar-refractivity contribution in [1.82, 2.24) is 4.90 Å². The van der Waals surface area contributed by atoms with Crippen LogP contribution in [0.2, 0.25) is 0 Å². The Balaban J connectivity index is 1.83. The maximum absolute atomic E-state index is 14.0. The van der Waals surface area contributed by atoms with Crippen molar-refractivity contribution in [2.75, 3.05) is 19.6 Å². The lowest BCUT2D eigenvalue weighted by atomic mass is 9.38. The summed E-state index contributed by atoms with van der Waals surface area (Å²) < 4.78 is 14.0. The number of likely N-dealkylation sites (N-methyl/N-ethyl adjacent to an activating group) is 1. The van der Waals surface area contributed by atoms with Gasteiger partial charge in [-0.1, -0.05) is 38.8 Å². The summed E-state index contributed by atoms with van der Waals surface area (Å²) in [5.41, 5.74) is 3.26. The van der Waals surface area contributed by atoms with Gasteiger partial charge in [-0.25, -0.2) is 4.39 Å². The molecular formula is C18H30FN. The van der Waals surface area contributed by atoms with Gasteiger partial charge in [-0.05, 0) is 57.0 Å². The molecule has 3 saturated carbocycles. The minimum Gasteiger partial charge on any atom is -0.300 e. The fraction of sp³-hybridized carbons (Fsp3) is 0.889. The molecule has 4 aliphatic rings. The zero-order valence-corrected chi connectivity index (χ0v) is 13.7. The van der Waals surface area contributed by atoms with Gasteiger partial charge in [-0.2, -0.15) is 0 Å². The minimum absolute atomic E-state index is 0.287. The van der Waals surface area contributed by atoms with Gasteiger partial charge in [0.2, 0.25) is 0 Å². The van der Waals surface area contributed by atoms with E-state index in [1.165, 1.54) is 19.3 Å². The molecule has 0 aromatic carbocycles. The normalized spacial score (nSPS) is 38.7. The summed E-state index contributed by atoms with van der Waals surface area (Å²) >= 11 is 0. The Morgan fingerprint density at radius 2 is 1.70 bits per heavy atom. The molecule has 114 valence electrons. The fourth-order valence-electron chi connectivity index (χ4n) is 4.77. The molecule has 3 fully saturated rings. The molecule has 2 bridgehead atoms. The predicted octanol–water partition coefficient (Wildman–Crippen LogP) is 4.73. The first-order valence-corrected chi connectivity index (χ1v) is 8.44. The van der Waals surface area contributed by atoms with Gasteiger partial charge in [0.1, 0.15) is 5.67 Å². The monoisotopic (exact) mass is 279 g/mol. The van der Waals surface area contributed by atoms with Crippen LogP contribution in [0.4, 0.5) is 4.39 Å². The van der Waals surface area contributed by atoms with Crippen LogP contribution in [0.1, 0.15) is 66.2 Å². The summed E-state index contributed by atoms with van der Waals surface area (Å²) in [4.78, 5) is 2.52. The molecule has 0 amide bonds. The summed E-state index contributed by atoms with van der Waals surface area (Å²) in [5.74, 6) is 0. The zero-order valence-electron chi connectivity index (χ0n) is 13.7. The van der Waals surface area contributed by atoms with Crippen molar-refractivity contribution in [3.8, 4) is 0 Å². The number of rotatable bonds is 5. The maximum Gasteiger partial charge on any atom is 0.113 e. The van der Waals surface area contributed by atoms with Crippen LogP contribution in [0, 0.1) is 10.8 Å². The van der Waals surface area contributed by atoms with E-state index in [0.29, 0.717) is 5.41 Å². The Kier molecular flexibility index (Phi) is 3.32. The van der Waals surface area contributed by atoms with E-state index in [9.17, 15) is 4.39 Å². The van der Waals surface area contributed by atoms with Crippen LogP contribution in [-0.4, -0.2) is 30.2 Å². The minimum atomic E-state index is -0.769. The van der Waals surface area contributed by atoms with Crippen molar-refractivity contribution in [1.29, 1.82) is 0 Å². The highest BCUT2D eigenvalue weighted by Crippen LogP contribution is 2.74. The molecule has 0 heterocycles. The smallest absolute Gasteiger partial charge is 0.113 e. The molecule has 0 saturated heterocycles. The fourth-order valence-corrected chi connectivity index (χ4v) is 4.77. The highest BCUT2D eigenvalue weighted by Gasteiger charge is 2.70. The first kappa shape index (κ1) is 14.6. The molecule has 2 heteroatoms. The highest BCUT2D eigenvalue weighted by atomic mass is 19.1. The van der Waals surface area contributed by atoms with Gasteiger partial charge in [0.15, 0.2) is 0 Å². The van der Waals surface area contributed by atoms with Gasteiger partial charge >= 0.3 is 0 Å². The second-order valence-electron chi connectivity index (χ2n) is 8.35. The van der Waals surface area contributed by atoms with Gasteiger partial charge in [0.25, 0.3) is 0 Å². The number of alkyl halides is 1. The molecule has 0 N–H and O–H groups in total. The molecule has 4 rings (SSSR count). The molecule has 20 heavy (non-hydrogen) atoms. The molecule has 1 nitrogen and oxygen atoms in total. The Hall–Kier alpha value is -0.370. The van der Waals surface area contributed by atoms with E-state index in [-0.39, 0.29) is 5.41 Å². The van der Waals surface area contributed by atoms with Crippen LogP contribution in [0.3, 0.4) is 0 Å². The summed E-state index contributed by atoms with van der Waals surface area (Å²) in [5, 5.41) is 0. The van der Waals surface area contributed by atoms with Crippen molar-refractivity contribution in [3.05, 3.63) is 11.1 Å². The van der Waals surface area contributed by atoms with Gasteiger partial charge in [-0.15, -0.1) is 0 Å². The third-order valence-corrected chi connectivity index (χ3v) is 6.10. The van der Waals surface area contributed by atoms with E-state index in [1.807, 2.05) is 0 Å². The maximum atomic E-state index is 14.0. The lowest BCUT2D eigenvalue weighted by Crippen LogP contribution is -2.65. The van der Waals surface area contributed by atoms with Crippen LogP contribution in [0.5, 0.6) is 0 Å². The Bertz CT molecular complexity index is 411. The number of hydrogen-bond acceptors (Lipinski definition) is 1. The summed E-state index contributed by atoms with van der Waals surface area (Å²) in [6, 6.07) is 0. The van der Waals surface area contributed by atoms with Crippen molar-refractivity contribution in [2.24, 2.45) is 10.8 Å². The number of hydrogen-bond donors (Lipinski definition) is 0. The molecule has 0 atom stereocenters. The predicted molar refractivity (Wildman–Crippen MR) is 82.6 cm³/mol. The second-order valence-corrected chi connectivity index (χ2v) is 8.35. The molecule has 4 aliphatic carbocycles. The zero-order chi connectivity index (χ0) is 14.6. The first-order chi connectivity index (χ1) is 9.31. The van der Waals surface area contributed by atoms with Gasteiger partial charge in [0.05, 0.1) is 0 Å². The van der Waals surface area contributed by atoms with E-state index < -0.39 is 5.67 Å². The van der Waals surface area contributed by atoms with E-state index >= 15 is 0 Å². The quantitative estimate of drug-likeness (QED) is 0.658. The SMILES string of the molecule is CCN(CC)CC1=C(C23CC(F)(C2)C3)CC(C)(C)CC1. The number of halogens is 1. The van der Waals surface area contributed by atoms with Crippen LogP contribution < -0.4 is 0 Å². The van der Waals surface area contributed by atoms with E-state index in [2.05, 4.69) is 32.6 Å². The number of allylic oxidation sites excluding steroid dienone is 1. The van der Waals surface area contributed by atoms with Crippen LogP contribution in [-0.2, 0) is 0 Å². The Morgan fingerprint density at radius 1 is 1.10 bits per heavy atom. The average Bonchev–Trinajstić information content (AvgIpc) is 2.32. The van der Waals surface area contributed by atoms with E-state index in [1.54, 1.807) is 11.1 Å². The molecule has 0 aliphatic heterocycles. The summed E-state index contributed by atoms with van der Waals surface area (Å²) in [6.07, 6.45) is 6.22. The molecule has 0 radical (unpaired) electrons. The van der Waals surface area contributed by atoms with Gasteiger partial charge in [0, 0.05) is 12.0 Å². The lowest BCUT2D eigenvalue weighted by molar-refractivity contribution is -0.193. The second kappa shape index (κ2) is 4.56. The van der Waals surface area contributed by atoms with Crippen LogP contribution >= 0.6 is 0 Å². The molecule has 0 aromatic heterocycles. The van der Waals surface area contributed by atoms with Gasteiger partial charge < -0.3 is 0 Å². The largest absolute Gasteiger partial charge is 0.300 e. The highest BCUT2D eigenvalue weighted by molar-refractivity contribution is 5.39. The van der Waals surface area contributed by atoms with Crippen molar-refractivity contribution >= 4 is 0 Å². The van der Waals surface area contributed by atoms with E-state index in [4.69, 9.17) is 0 Å². The Morgan fingerprint density at radius 3 is 2.20 bits per heavy atom. The van der Waals surface area contributed by atoms with Crippen molar-refractivity contribution in [2.45, 2.75) is 71.9 Å². The van der Waals surface area contributed by atoms with Crippen LogP contribution in [0.15, 0.2) is 11.1 Å². The van der Waals surface area contributed by atoms with E-state index in [0.717, 1.165) is 38.9 Å². The van der Waals surface area contributed by atoms with Crippen molar-refractivity contribution in [3.63, 3.8) is 0 Å². The lowest BCUT2D eigenvalue weighted by Gasteiger charge is -2.68. The van der Waals surface area contributed by atoms with Crippen molar-refractivity contribution < 1.29 is 4.39 Å². The molecule has 0 spiro atoms. The Labute approximate surface area is 123 Å². The third-order valence-electron chi connectivity index (χ3n) is 6.10. The standard InChI is InChI=1S/C18H30FN/c1-5-20(6-2)10-14-7-8-16(3,4)9-15(14)17-11-18(19,12-17)13-17/h5-13H2,1-4H3. The van der Waals surface area contributed by atoms with Crippen LogP contribution in [0.25, 0.3) is 0 Å². The first-order valence-electron chi connectivity index (χ1n) is 8.44. The topological polar surface area (TPSA) is 3.24 Å². The molecule has 0 aromatic rings. The third kappa shape index (κ3) is 2.24. The summed E-state index contributed by atoms with van der Waals surface area (Å²) in [6.45, 7) is 12.6. The molecular weight excluding hydrogens is 249 g/mol.